The number of nitrogens with two attached hydrogens (primary N) is 1. The lowest BCUT2D eigenvalue weighted by Crippen LogP contribution is -2.17. The Kier molecular flexibility index (Phi) is 4.53. The van der Waals surface area contributed by atoms with E-state index in [0.29, 0.717) is 30.0 Å². The molecule has 4 N–H and O–H groups in total. The number of benzene rings is 1. The average Bonchev–Trinajstić information content (AvgIpc) is 3.47. The van der Waals surface area contributed by atoms with Crippen LogP contribution in [0, 0.1) is 0 Å². The molecule has 1 fully saturated rings. The standard InChI is InChI=1S/C19H21N5O2/c20-17(25)16-11-21-19(24-18(16)22-14-4-5-14)23-15-3-1-2-13(10-15)12-6-8-26-9-7-12/h1-3,6,10-11,14H,4-5,7-9H2,(H2,20,25)(H2,21,22,23,24). The SMILES string of the molecule is NC(=O)c1cnc(Nc2cccc(C3=CCOCC3)c2)nc1NC1CC1. The van der Waals surface area contributed by atoms with Gasteiger partial charge < -0.3 is 21.1 Å². The van der Waals surface area contributed by atoms with Crippen molar-refractivity contribution < 1.29 is 9.53 Å². The van der Waals surface area contributed by atoms with Crippen molar-refractivity contribution in [2.45, 2.75) is 25.3 Å². The molecule has 1 aromatic heterocycles. The number of amides is 1. The molecule has 7 heteroatoms. The molecule has 2 aliphatic rings. The van der Waals surface area contributed by atoms with Crippen molar-refractivity contribution in [3.8, 4) is 0 Å². The summed E-state index contributed by atoms with van der Waals surface area (Å²) in [5.74, 6) is 0.380. The lowest BCUT2D eigenvalue weighted by Gasteiger charge is -2.15. The Hall–Kier alpha value is -2.93. The highest BCUT2D eigenvalue weighted by molar-refractivity contribution is 5.97. The molecule has 0 saturated heterocycles. The third-order valence-electron chi connectivity index (χ3n) is 4.43. The minimum atomic E-state index is -0.534. The predicted octanol–water partition coefficient (Wildman–Crippen LogP) is 2.70. The third kappa shape index (κ3) is 3.83. The van der Waals surface area contributed by atoms with Crippen LogP contribution in [0.25, 0.3) is 5.57 Å². The molecule has 0 spiro atoms. The molecular weight excluding hydrogens is 330 g/mol. The highest BCUT2D eigenvalue weighted by atomic mass is 16.5. The Morgan fingerprint density at radius 2 is 2.19 bits per heavy atom. The second kappa shape index (κ2) is 7.13. The molecule has 1 amide bonds. The summed E-state index contributed by atoms with van der Waals surface area (Å²) in [6.07, 6.45) is 6.63. The molecule has 0 unspecified atom stereocenters. The van der Waals surface area contributed by atoms with E-state index in [2.05, 4.69) is 38.8 Å². The number of nitrogens with zero attached hydrogens (tertiary/aromatic N) is 2. The van der Waals surface area contributed by atoms with Gasteiger partial charge in [0.1, 0.15) is 5.82 Å². The molecule has 1 aliphatic heterocycles. The highest BCUT2D eigenvalue weighted by Crippen LogP contribution is 2.27. The van der Waals surface area contributed by atoms with Gasteiger partial charge in [-0.1, -0.05) is 18.2 Å². The number of aromatic nitrogens is 2. The van der Waals surface area contributed by atoms with Gasteiger partial charge in [-0.05, 0) is 42.5 Å². The zero-order valence-electron chi connectivity index (χ0n) is 14.4. The lowest BCUT2D eigenvalue weighted by molar-refractivity contribution is 0.100. The molecule has 0 radical (unpaired) electrons. The van der Waals surface area contributed by atoms with Crippen LogP contribution in [-0.4, -0.2) is 35.1 Å². The summed E-state index contributed by atoms with van der Waals surface area (Å²) in [5.41, 5.74) is 9.05. The zero-order chi connectivity index (χ0) is 17.9. The van der Waals surface area contributed by atoms with Crippen LogP contribution in [0.1, 0.15) is 35.2 Å². The minimum Gasteiger partial charge on any atom is -0.377 e. The maximum Gasteiger partial charge on any atom is 0.254 e. The largest absolute Gasteiger partial charge is 0.377 e. The van der Waals surface area contributed by atoms with Crippen molar-refractivity contribution in [2.75, 3.05) is 23.8 Å². The summed E-state index contributed by atoms with van der Waals surface area (Å²) >= 11 is 0. The Bertz CT molecular complexity index is 861. The molecule has 2 heterocycles. The highest BCUT2D eigenvalue weighted by Gasteiger charge is 2.24. The molecular formula is C19H21N5O2. The summed E-state index contributed by atoms with van der Waals surface area (Å²) in [5, 5.41) is 6.45. The predicted molar refractivity (Wildman–Crippen MR) is 100 cm³/mol. The Balaban J connectivity index is 1.56. The number of primary amides is 1. The molecule has 26 heavy (non-hydrogen) atoms. The van der Waals surface area contributed by atoms with Gasteiger partial charge in [-0.25, -0.2) is 4.98 Å². The second-order valence-electron chi connectivity index (χ2n) is 6.50. The average molecular weight is 351 g/mol. The number of nitrogens with one attached hydrogen (secondary N) is 2. The fraction of sp³-hybridized carbons (Fsp3) is 0.316. The van der Waals surface area contributed by atoms with Crippen molar-refractivity contribution in [3.05, 3.63) is 47.7 Å². The van der Waals surface area contributed by atoms with E-state index in [9.17, 15) is 4.79 Å². The molecule has 134 valence electrons. The number of rotatable bonds is 6. The van der Waals surface area contributed by atoms with Gasteiger partial charge in [-0.2, -0.15) is 4.98 Å². The van der Waals surface area contributed by atoms with E-state index < -0.39 is 5.91 Å². The zero-order valence-corrected chi connectivity index (χ0v) is 14.4. The first-order valence-electron chi connectivity index (χ1n) is 8.76. The van der Waals surface area contributed by atoms with E-state index in [1.165, 1.54) is 11.8 Å². The topological polar surface area (TPSA) is 102 Å². The summed E-state index contributed by atoms with van der Waals surface area (Å²) < 4.78 is 5.37. The lowest BCUT2D eigenvalue weighted by atomic mass is 10.0. The van der Waals surface area contributed by atoms with Crippen LogP contribution in [0.4, 0.5) is 17.5 Å². The Morgan fingerprint density at radius 3 is 2.92 bits per heavy atom. The fourth-order valence-corrected chi connectivity index (χ4v) is 2.87. The molecule has 1 aliphatic carbocycles. The number of ether oxygens (including phenoxy) is 1. The van der Waals surface area contributed by atoms with E-state index in [4.69, 9.17) is 10.5 Å². The first-order valence-corrected chi connectivity index (χ1v) is 8.76. The van der Waals surface area contributed by atoms with Crippen LogP contribution in [0.5, 0.6) is 0 Å². The van der Waals surface area contributed by atoms with Crippen molar-refractivity contribution in [1.82, 2.24) is 9.97 Å². The molecule has 1 aromatic carbocycles. The van der Waals surface area contributed by atoms with E-state index >= 15 is 0 Å². The van der Waals surface area contributed by atoms with E-state index in [1.54, 1.807) is 0 Å². The summed E-state index contributed by atoms with van der Waals surface area (Å²) in [4.78, 5) is 20.2. The van der Waals surface area contributed by atoms with Gasteiger partial charge in [0.25, 0.3) is 5.91 Å². The Labute approximate surface area is 151 Å². The molecule has 0 bridgehead atoms. The van der Waals surface area contributed by atoms with Crippen LogP contribution in [0.3, 0.4) is 0 Å². The summed E-state index contributed by atoms with van der Waals surface area (Å²) in [6.45, 7) is 1.40. The van der Waals surface area contributed by atoms with Crippen molar-refractivity contribution >= 4 is 28.9 Å². The van der Waals surface area contributed by atoms with E-state index in [-0.39, 0.29) is 0 Å². The van der Waals surface area contributed by atoms with Crippen LogP contribution < -0.4 is 16.4 Å². The molecule has 2 aromatic rings. The van der Waals surface area contributed by atoms with Gasteiger partial charge >= 0.3 is 0 Å². The van der Waals surface area contributed by atoms with Crippen molar-refractivity contribution in [1.29, 1.82) is 0 Å². The first-order chi connectivity index (χ1) is 12.7. The van der Waals surface area contributed by atoms with Crippen LogP contribution >= 0.6 is 0 Å². The third-order valence-corrected chi connectivity index (χ3v) is 4.43. The number of anilines is 3. The molecule has 4 rings (SSSR count). The van der Waals surface area contributed by atoms with Crippen molar-refractivity contribution in [2.24, 2.45) is 5.73 Å². The number of hydrogen-bond acceptors (Lipinski definition) is 6. The monoisotopic (exact) mass is 351 g/mol. The normalized spacial score (nSPS) is 16.7. The molecule has 7 nitrogen and oxygen atoms in total. The number of carbonyl (C=O) groups excluding carboxylic acids is 1. The second-order valence-corrected chi connectivity index (χ2v) is 6.50. The van der Waals surface area contributed by atoms with E-state index in [1.807, 2.05) is 12.1 Å². The van der Waals surface area contributed by atoms with Gasteiger partial charge in [0.05, 0.1) is 18.8 Å². The summed E-state index contributed by atoms with van der Waals surface area (Å²) in [6, 6.07) is 8.47. The number of hydrogen-bond donors (Lipinski definition) is 3. The molecule has 1 saturated carbocycles. The van der Waals surface area contributed by atoms with Crippen molar-refractivity contribution in [3.63, 3.8) is 0 Å². The van der Waals surface area contributed by atoms with Gasteiger partial charge in [0.2, 0.25) is 5.95 Å². The summed E-state index contributed by atoms with van der Waals surface area (Å²) in [7, 11) is 0. The first kappa shape index (κ1) is 16.5. The maximum atomic E-state index is 11.6. The fourth-order valence-electron chi connectivity index (χ4n) is 2.87. The minimum absolute atomic E-state index is 0.309. The van der Waals surface area contributed by atoms with Crippen LogP contribution in [0.2, 0.25) is 0 Å². The molecule has 0 atom stereocenters. The quantitative estimate of drug-likeness (QED) is 0.739. The van der Waals surface area contributed by atoms with Gasteiger partial charge in [-0.3, -0.25) is 4.79 Å². The maximum absolute atomic E-state index is 11.6. The smallest absolute Gasteiger partial charge is 0.254 e. The Morgan fingerprint density at radius 1 is 1.31 bits per heavy atom. The number of carbonyl (C=O) groups is 1. The van der Waals surface area contributed by atoms with Crippen LogP contribution in [-0.2, 0) is 4.74 Å². The van der Waals surface area contributed by atoms with Crippen LogP contribution in [0.15, 0.2) is 36.5 Å². The van der Waals surface area contributed by atoms with Gasteiger partial charge in [0.15, 0.2) is 0 Å². The van der Waals surface area contributed by atoms with Gasteiger partial charge in [-0.15, -0.1) is 0 Å². The van der Waals surface area contributed by atoms with E-state index in [0.717, 1.165) is 37.1 Å². The van der Waals surface area contributed by atoms with Gasteiger partial charge in [0, 0.05) is 17.9 Å².